The van der Waals surface area contributed by atoms with Gasteiger partial charge in [-0.3, -0.25) is 24.0 Å². The Labute approximate surface area is 204 Å². The van der Waals surface area contributed by atoms with Gasteiger partial charge in [0.15, 0.2) is 0 Å². The van der Waals surface area contributed by atoms with E-state index in [1.807, 2.05) is 6.92 Å². The fourth-order valence-electron chi connectivity index (χ4n) is 3.97. The van der Waals surface area contributed by atoms with Crippen molar-refractivity contribution < 1.29 is 37.1 Å². The lowest BCUT2D eigenvalue weighted by Gasteiger charge is -2.32. The van der Waals surface area contributed by atoms with Gasteiger partial charge in [0.05, 0.1) is 12.6 Å². The summed E-state index contributed by atoms with van der Waals surface area (Å²) in [6.45, 7) is 9.74. The molecule has 1 fully saturated rings. The number of carbonyl (C=O) groups is 5. The number of nitrogens with zero attached hydrogens (tertiary/aromatic N) is 2. The molecule has 1 rings (SSSR count). The van der Waals surface area contributed by atoms with E-state index in [0.717, 1.165) is 0 Å². The van der Waals surface area contributed by atoms with Crippen LogP contribution in [0.5, 0.6) is 0 Å². The normalized spacial score (nSPS) is 17.8. The average Bonchev–Trinajstić information content (AvgIpc) is 3.23. The smallest absolute Gasteiger partial charge is 0.344 e. The Morgan fingerprint density at radius 2 is 1.57 bits per heavy atom. The number of amides is 4. The van der Waals surface area contributed by atoms with Crippen LogP contribution in [-0.2, 0) is 24.0 Å². The van der Waals surface area contributed by atoms with Crippen molar-refractivity contribution in [3.63, 3.8) is 0 Å². The minimum absolute atomic E-state index is 0.185. The number of nitrogens with one attached hydrogen (secondary N) is 2. The number of halogens is 3. The molecule has 0 aromatic rings. The predicted molar refractivity (Wildman–Crippen MR) is 122 cm³/mol. The molecule has 1 heterocycles. The maximum Gasteiger partial charge on any atom is 0.452 e. The summed E-state index contributed by atoms with van der Waals surface area (Å²) in [6.07, 6.45) is -3.79. The summed E-state index contributed by atoms with van der Waals surface area (Å²) in [5.41, 5.74) is 0. The van der Waals surface area contributed by atoms with Gasteiger partial charge in [0.25, 0.3) is 5.78 Å². The van der Waals surface area contributed by atoms with Gasteiger partial charge in [0.2, 0.25) is 23.6 Å². The molecular formula is C23H37F3N4O5. The first-order valence-corrected chi connectivity index (χ1v) is 11.9. The molecule has 1 aliphatic heterocycles. The maximum atomic E-state index is 13.3. The van der Waals surface area contributed by atoms with Crippen molar-refractivity contribution in [2.75, 3.05) is 19.6 Å². The maximum absolute atomic E-state index is 13.3. The number of hydrogen-bond donors (Lipinski definition) is 2. The van der Waals surface area contributed by atoms with E-state index in [9.17, 15) is 37.1 Å². The summed E-state index contributed by atoms with van der Waals surface area (Å²) in [5.74, 6) is -5.41. The zero-order chi connectivity index (χ0) is 27.1. The molecule has 0 bridgehead atoms. The van der Waals surface area contributed by atoms with Crippen LogP contribution in [0.2, 0.25) is 0 Å². The molecular weight excluding hydrogens is 469 g/mol. The van der Waals surface area contributed by atoms with Crippen LogP contribution in [0.15, 0.2) is 0 Å². The summed E-state index contributed by atoms with van der Waals surface area (Å²) in [4.78, 5) is 64.8. The standard InChI is InChI=1S/C23H37F3N4O5/c1-7-10-29(15(6)31)12-17(32)27-19(14(4)5)22(35)30-11-8-9-16(30)21(34)28-18(13(2)3)20(33)23(24,25)26/h13-14,16,18-19H,7-12H2,1-6H3,(H,27,32)(H,28,34)/t16-,18?,19-/m0/s1. The molecule has 4 amide bonds. The van der Waals surface area contributed by atoms with E-state index < -0.39 is 53.7 Å². The van der Waals surface area contributed by atoms with Crippen LogP contribution in [0.3, 0.4) is 0 Å². The second kappa shape index (κ2) is 12.9. The first kappa shape index (κ1) is 30.4. The lowest BCUT2D eigenvalue weighted by atomic mass is 9.98. The van der Waals surface area contributed by atoms with Gasteiger partial charge in [-0.25, -0.2) is 0 Å². The van der Waals surface area contributed by atoms with Gasteiger partial charge in [-0.2, -0.15) is 13.2 Å². The first-order chi connectivity index (χ1) is 16.1. The van der Waals surface area contributed by atoms with E-state index in [-0.39, 0.29) is 31.3 Å². The molecule has 12 heteroatoms. The van der Waals surface area contributed by atoms with Crippen molar-refractivity contribution in [3.05, 3.63) is 0 Å². The second-order valence-corrected chi connectivity index (χ2v) is 9.51. The summed E-state index contributed by atoms with van der Waals surface area (Å²) < 4.78 is 38.9. The topological polar surface area (TPSA) is 116 Å². The SMILES string of the molecule is CCCN(CC(=O)N[C@H](C(=O)N1CCC[C@H]1C(=O)NC(C(=O)C(F)(F)F)C(C)C)C(C)C)C(C)=O. The van der Waals surface area contributed by atoms with Crippen molar-refractivity contribution in [2.24, 2.45) is 11.8 Å². The Bertz CT molecular complexity index is 801. The Hall–Kier alpha value is -2.66. The number of alkyl halides is 3. The fourth-order valence-corrected chi connectivity index (χ4v) is 3.97. The number of ketones is 1. The zero-order valence-electron chi connectivity index (χ0n) is 21.2. The molecule has 0 saturated carbocycles. The molecule has 1 aliphatic rings. The Morgan fingerprint density at radius 1 is 1.00 bits per heavy atom. The first-order valence-electron chi connectivity index (χ1n) is 11.9. The van der Waals surface area contributed by atoms with E-state index in [1.54, 1.807) is 13.8 Å². The highest BCUT2D eigenvalue weighted by molar-refractivity contribution is 5.96. The largest absolute Gasteiger partial charge is 0.452 e. The molecule has 0 aromatic carbocycles. The molecule has 0 aromatic heterocycles. The molecule has 0 radical (unpaired) electrons. The van der Waals surface area contributed by atoms with E-state index >= 15 is 0 Å². The van der Waals surface area contributed by atoms with Crippen LogP contribution < -0.4 is 10.6 Å². The number of Topliss-reactive ketones (excluding diaryl/α,β-unsaturated/α-hetero) is 1. The van der Waals surface area contributed by atoms with Gasteiger partial charge in [-0.1, -0.05) is 34.6 Å². The molecule has 1 saturated heterocycles. The number of likely N-dealkylation sites (tertiary alicyclic amines) is 1. The number of carbonyl (C=O) groups excluding carboxylic acids is 5. The molecule has 2 N–H and O–H groups in total. The van der Waals surface area contributed by atoms with Crippen molar-refractivity contribution >= 4 is 29.4 Å². The molecule has 0 aliphatic carbocycles. The van der Waals surface area contributed by atoms with Gasteiger partial charge < -0.3 is 20.4 Å². The fraction of sp³-hybridized carbons (Fsp3) is 0.783. The Balaban J connectivity index is 2.99. The highest BCUT2D eigenvalue weighted by Gasteiger charge is 2.46. The lowest BCUT2D eigenvalue weighted by Crippen LogP contribution is -2.58. The third-order valence-corrected chi connectivity index (χ3v) is 5.89. The summed E-state index contributed by atoms with van der Waals surface area (Å²) >= 11 is 0. The highest BCUT2D eigenvalue weighted by Crippen LogP contribution is 2.24. The van der Waals surface area contributed by atoms with Crippen LogP contribution >= 0.6 is 0 Å². The van der Waals surface area contributed by atoms with Crippen LogP contribution in [0.25, 0.3) is 0 Å². The average molecular weight is 507 g/mol. The van der Waals surface area contributed by atoms with E-state index in [0.29, 0.717) is 19.4 Å². The van der Waals surface area contributed by atoms with Gasteiger partial charge in [0.1, 0.15) is 12.1 Å². The molecule has 35 heavy (non-hydrogen) atoms. The Morgan fingerprint density at radius 3 is 2.03 bits per heavy atom. The molecule has 3 atom stereocenters. The molecule has 0 spiro atoms. The van der Waals surface area contributed by atoms with Gasteiger partial charge >= 0.3 is 6.18 Å². The van der Waals surface area contributed by atoms with Gasteiger partial charge in [-0.05, 0) is 31.1 Å². The highest BCUT2D eigenvalue weighted by atomic mass is 19.4. The summed E-state index contributed by atoms with van der Waals surface area (Å²) in [5, 5.41) is 4.81. The Kier molecular flexibility index (Phi) is 11.2. The summed E-state index contributed by atoms with van der Waals surface area (Å²) in [6, 6.07) is -3.82. The third-order valence-electron chi connectivity index (χ3n) is 5.89. The number of hydrogen-bond acceptors (Lipinski definition) is 5. The summed E-state index contributed by atoms with van der Waals surface area (Å²) in [7, 11) is 0. The van der Waals surface area contributed by atoms with Crippen LogP contribution in [0, 0.1) is 11.8 Å². The minimum atomic E-state index is -5.11. The van der Waals surface area contributed by atoms with E-state index in [4.69, 9.17) is 0 Å². The zero-order valence-corrected chi connectivity index (χ0v) is 21.2. The second-order valence-electron chi connectivity index (χ2n) is 9.51. The van der Waals surface area contributed by atoms with Crippen molar-refractivity contribution in [3.8, 4) is 0 Å². The van der Waals surface area contributed by atoms with Crippen molar-refractivity contribution in [1.82, 2.24) is 20.4 Å². The van der Waals surface area contributed by atoms with Crippen molar-refractivity contribution in [2.45, 2.75) is 85.1 Å². The molecule has 1 unspecified atom stereocenters. The van der Waals surface area contributed by atoms with E-state index in [1.165, 1.54) is 30.6 Å². The number of rotatable bonds is 11. The molecule has 9 nitrogen and oxygen atoms in total. The van der Waals surface area contributed by atoms with Crippen LogP contribution in [0.4, 0.5) is 13.2 Å². The van der Waals surface area contributed by atoms with E-state index in [2.05, 4.69) is 10.6 Å². The van der Waals surface area contributed by atoms with Crippen molar-refractivity contribution in [1.29, 1.82) is 0 Å². The third kappa shape index (κ3) is 8.50. The quantitative estimate of drug-likeness (QED) is 0.442. The predicted octanol–water partition coefficient (Wildman–Crippen LogP) is 1.65. The monoisotopic (exact) mass is 506 g/mol. The van der Waals surface area contributed by atoms with Gasteiger partial charge in [-0.15, -0.1) is 0 Å². The van der Waals surface area contributed by atoms with Crippen LogP contribution in [-0.4, -0.2) is 83.1 Å². The minimum Gasteiger partial charge on any atom is -0.344 e. The van der Waals surface area contributed by atoms with Crippen LogP contribution in [0.1, 0.15) is 60.8 Å². The lowest BCUT2D eigenvalue weighted by molar-refractivity contribution is -0.175. The van der Waals surface area contributed by atoms with Gasteiger partial charge in [0, 0.05) is 20.0 Å². The molecule has 200 valence electrons.